The minimum atomic E-state index is -4.27. The molecular weight excluding hydrogens is 159 g/mol. The molecule has 0 aromatic rings. The lowest BCUT2D eigenvalue weighted by Gasteiger charge is -1.99. The van der Waals surface area contributed by atoms with Crippen LogP contribution in [0.3, 0.4) is 0 Å². The second-order valence-corrected chi connectivity index (χ2v) is 3.12. The van der Waals surface area contributed by atoms with Gasteiger partial charge in [-0.05, 0) is 0 Å². The zero-order valence-electron chi connectivity index (χ0n) is 5.06. The Bertz CT molecular complexity index is 180. The third-order valence-corrected chi connectivity index (χ3v) is 1.22. The van der Waals surface area contributed by atoms with Crippen molar-refractivity contribution in [2.45, 2.75) is 0 Å². The first kappa shape index (κ1) is 9.36. The van der Waals surface area contributed by atoms with Crippen LogP contribution in [0.15, 0.2) is 12.8 Å². The molecule has 0 heterocycles. The van der Waals surface area contributed by atoms with Crippen LogP contribution >= 0.6 is 7.60 Å². The van der Waals surface area contributed by atoms with Crippen LogP contribution in [0.2, 0.25) is 0 Å². The molecule has 5 nitrogen and oxygen atoms in total. The van der Waals surface area contributed by atoms with Crippen molar-refractivity contribution in [1.82, 2.24) is 0 Å². The lowest BCUT2D eigenvalue weighted by Crippen LogP contribution is -2.05. The van der Waals surface area contributed by atoms with Crippen LogP contribution in [0.4, 0.5) is 0 Å². The van der Waals surface area contributed by atoms with E-state index in [1.165, 1.54) is 0 Å². The van der Waals surface area contributed by atoms with Crippen LogP contribution in [0.25, 0.3) is 0 Å². The summed E-state index contributed by atoms with van der Waals surface area (Å²) in [6.45, 7) is 3.03. The summed E-state index contributed by atoms with van der Waals surface area (Å²) < 4.78 is 14.1. The molecule has 58 valence electrons. The number of esters is 1. The Balaban J connectivity index is 3.80. The van der Waals surface area contributed by atoms with Gasteiger partial charge in [0.1, 0.15) is 6.16 Å². The van der Waals surface area contributed by atoms with Crippen molar-refractivity contribution < 1.29 is 23.9 Å². The molecule has 0 aliphatic heterocycles. The Morgan fingerprint density at radius 2 is 2.20 bits per heavy atom. The molecule has 0 aliphatic carbocycles. The minimum absolute atomic E-state index is 0.817. The Kier molecular flexibility index (Phi) is 3.28. The van der Waals surface area contributed by atoms with Crippen LogP contribution in [0, 0.1) is 0 Å². The summed E-state index contributed by atoms with van der Waals surface area (Å²) in [5.41, 5.74) is 0. The summed E-state index contributed by atoms with van der Waals surface area (Å²) in [5, 5.41) is 0. The van der Waals surface area contributed by atoms with E-state index in [2.05, 4.69) is 11.3 Å². The summed E-state index contributed by atoms with van der Waals surface area (Å²) in [7, 11) is -4.27. The number of hydrogen-bond donors (Lipinski definition) is 2. The quantitative estimate of drug-likeness (QED) is 0.346. The molecule has 0 aromatic heterocycles. The predicted molar refractivity (Wildman–Crippen MR) is 33.2 cm³/mol. The van der Waals surface area contributed by atoms with Gasteiger partial charge in [-0.1, -0.05) is 6.58 Å². The monoisotopic (exact) mass is 166 g/mol. The maximum Gasteiger partial charge on any atom is 0.336 e. The van der Waals surface area contributed by atoms with E-state index in [4.69, 9.17) is 9.79 Å². The van der Waals surface area contributed by atoms with Gasteiger partial charge in [-0.15, -0.1) is 0 Å². The molecule has 0 saturated heterocycles. The van der Waals surface area contributed by atoms with E-state index in [1.54, 1.807) is 0 Å². The highest BCUT2D eigenvalue weighted by molar-refractivity contribution is 7.52. The first-order valence-electron chi connectivity index (χ1n) is 2.30. The van der Waals surface area contributed by atoms with Gasteiger partial charge in [-0.3, -0.25) is 9.36 Å². The van der Waals surface area contributed by atoms with Crippen LogP contribution in [-0.4, -0.2) is 21.9 Å². The predicted octanol–water partition coefficient (Wildman–Crippen LogP) is -0.149. The van der Waals surface area contributed by atoms with Crippen molar-refractivity contribution in [3.8, 4) is 0 Å². The fraction of sp³-hybridized carbons (Fsp3) is 0.250. The number of carbonyl (C=O) groups is 1. The summed E-state index contributed by atoms with van der Waals surface area (Å²) in [4.78, 5) is 26.7. The zero-order chi connectivity index (χ0) is 8.20. The number of ether oxygens (including phenoxy) is 1. The molecule has 0 atom stereocenters. The number of carbonyl (C=O) groups excluding carboxylic acids is 1. The van der Waals surface area contributed by atoms with Gasteiger partial charge >= 0.3 is 13.6 Å². The Morgan fingerprint density at radius 3 is 2.50 bits per heavy atom. The van der Waals surface area contributed by atoms with Crippen molar-refractivity contribution in [3.05, 3.63) is 12.8 Å². The molecule has 0 aromatic carbocycles. The molecule has 0 rings (SSSR count). The van der Waals surface area contributed by atoms with Gasteiger partial charge in [0, 0.05) is 0 Å². The first-order valence-corrected chi connectivity index (χ1v) is 4.10. The normalized spacial score (nSPS) is 10.6. The molecule has 0 saturated carbocycles. The highest BCUT2D eigenvalue weighted by atomic mass is 31.2. The van der Waals surface area contributed by atoms with E-state index in [0.29, 0.717) is 0 Å². The molecule has 10 heavy (non-hydrogen) atoms. The summed E-state index contributed by atoms with van der Waals surface area (Å²) in [5.74, 6) is -0.983. The molecule has 6 heteroatoms. The lowest BCUT2D eigenvalue weighted by molar-refractivity contribution is -0.135. The van der Waals surface area contributed by atoms with E-state index >= 15 is 0 Å². The third kappa shape index (κ3) is 5.50. The maximum absolute atomic E-state index is 10.3. The highest BCUT2D eigenvalue weighted by Gasteiger charge is 2.19. The van der Waals surface area contributed by atoms with Crippen LogP contribution < -0.4 is 0 Å². The number of rotatable bonds is 3. The fourth-order valence-electron chi connectivity index (χ4n) is 0.298. The standard InChI is InChI=1S/C4H7O5P/c1-2-9-4(5)3-10(6,7)8/h2H,1,3H2,(H2,6,7,8). The Hall–Kier alpha value is -0.640. The van der Waals surface area contributed by atoms with E-state index in [9.17, 15) is 9.36 Å². The zero-order valence-corrected chi connectivity index (χ0v) is 5.95. The van der Waals surface area contributed by atoms with Gasteiger partial charge in [-0.2, -0.15) is 0 Å². The maximum atomic E-state index is 10.3. The highest BCUT2D eigenvalue weighted by Crippen LogP contribution is 2.33. The van der Waals surface area contributed by atoms with Gasteiger partial charge in [0.25, 0.3) is 0 Å². The topological polar surface area (TPSA) is 83.8 Å². The van der Waals surface area contributed by atoms with E-state index in [0.717, 1.165) is 6.26 Å². The van der Waals surface area contributed by atoms with Gasteiger partial charge in [0.15, 0.2) is 0 Å². The molecule has 0 aliphatic rings. The number of hydrogen-bond acceptors (Lipinski definition) is 3. The molecular formula is C4H7O5P. The summed E-state index contributed by atoms with van der Waals surface area (Å²) in [6.07, 6.45) is -0.0863. The first-order chi connectivity index (χ1) is 4.45. The minimum Gasteiger partial charge on any atom is -0.435 e. The van der Waals surface area contributed by atoms with Crippen LogP contribution in [0.1, 0.15) is 0 Å². The second-order valence-electron chi connectivity index (χ2n) is 1.48. The average molecular weight is 166 g/mol. The van der Waals surface area contributed by atoms with Gasteiger partial charge < -0.3 is 14.5 Å². The SMILES string of the molecule is C=COC(=O)CP(=O)(O)O. The molecule has 0 unspecified atom stereocenters. The largest absolute Gasteiger partial charge is 0.435 e. The second kappa shape index (κ2) is 3.51. The fourth-order valence-corrected chi connectivity index (χ4v) is 0.709. The molecule has 0 bridgehead atoms. The van der Waals surface area contributed by atoms with Crippen molar-refractivity contribution in [3.63, 3.8) is 0 Å². The van der Waals surface area contributed by atoms with E-state index in [1.807, 2.05) is 0 Å². The van der Waals surface area contributed by atoms with Gasteiger partial charge in [0.05, 0.1) is 6.26 Å². The Labute approximate surface area is 57.5 Å². The third-order valence-electron chi connectivity index (χ3n) is 0.550. The average Bonchev–Trinajstić information content (AvgIpc) is 1.59. The smallest absolute Gasteiger partial charge is 0.336 e. The van der Waals surface area contributed by atoms with Crippen molar-refractivity contribution in [1.29, 1.82) is 0 Å². The molecule has 2 N–H and O–H groups in total. The lowest BCUT2D eigenvalue weighted by atomic mass is 10.8. The van der Waals surface area contributed by atoms with E-state index < -0.39 is 19.7 Å². The molecule has 0 amide bonds. The molecule has 0 spiro atoms. The van der Waals surface area contributed by atoms with Crippen molar-refractivity contribution in [2.75, 3.05) is 6.16 Å². The summed E-state index contributed by atoms with van der Waals surface area (Å²) >= 11 is 0. The molecule has 0 fully saturated rings. The van der Waals surface area contributed by atoms with E-state index in [-0.39, 0.29) is 0 Å². The van der Waals surface area contributed by atoms with Crippen LogP contribution in [-0.2, 0) is 14.1 Å². The van der Waals surface area contributed by atoms with Gasteiger partial charge in [-0.25, -0.2) is 0 Å². The van der Waals surface area contributed by atoms with Crippen molar-refractivity contribution >= 4 is 13.6 Å². The Morgan fingerprint density at radius 1 is 1.70 bits per heavy atom. The van der Waals surface area contributed by atoms with Gasteiger partial charge in [0.2, 0.25) is 0 Å². The van der Waals surface area contributed by atoms with Crippen molar-refractivity contribution in [2.24, 2.45) is 0 Å². The molecule has 0 radical (unpaired) electrons. The summed E-state index contributed by atoms with van der Waals surface area (Å²) in [6, 6.07) is 0. The van der Waals surface area contributed by atoms with Crippen LogP contribution in [0.5, 0.6) is 0 Å².